The van der Waals surface area contributed by atoms with Crippen molar-refractivity contribution in [1.29, 1.82) is 0 Å². The number of rotatable bonds is 6. The third kappa shape index (κ3) is 3.66. The monoisotopic (exact) mass is 286 g/mol. The van der Waals surface area contributed by atoms with Crippen LogP contribution in [0.3, 0.4) is 0 Å². The Hall–Kier alpha value is -0.890. The second-order valence-corrected chi connectivity index (χ2v) is 6.94. The zero-order chi connectivity index (χ0) is 14.5. The van der Waals surface area contributed by atoms with E-state index in [1.807, 2.05) is 6.20 Å². The molecule has 3 rings (SSSR count). The van der Waals surface area contributed by atoms with E-state index in [-0.39, 0.29) is 0 Å². The van der Waals surface area contributed by atoms with Crippen LogP contribution in [0, 0.1) is 5.92 Å². The number of likely N-dealkylation sites (N-methyl/N-ethyl adjacent to an activating group) is 1. The maximum absolute atomic E-state index is 4.70. The summed E-state index contributed by atoms with van der Waals surface area (Å²) in [4.78, 5) is 4.70. The summed E-state index contributed by atoms with van der Waals surface area (Å²) in [6.45, 7) is 3.32. The highest BCUT2D eigenvalue weighted by atomic mass is 14.9. The lowest BCUT2D eigenvalue weighted by Crippen LogP contribution is -2.35. The number of fused-ring (bicyclic) bond motifs is 1. The number of pyridine rings is 1. The molecule has 0 spiro atoms. The highest BCUT2D eigenvalue weighted by molar-refractivity contribution is 5.29. The Morgan fingerprint density at radius 3 is 2.90 bits per heavy atom. The third-order valence-electron chi connectivity index (χ3n) is 5.56. The quantitative estimate of drug-likeness (QED) is 0.835. The first kappa shape index (κ1) is 15.0. The Labute approximate surface area is 129 Å². The van der Waals surface area contributed by atoms with Crippen molar-refractivity contribution in [3.8, 4) is 0 Å². The Morgan fingerprint density at radius 1 is 1.24 bits per heavy atom. The minimum atomic E-state index is 0.632. The molecule has 0 radical (unpaired) electrons. The molecule has 1 N–H and O–H groups in total. The van der Waals surface area contributed by atoms with E-state index >= 15 is 0 Å². The molecular formula is C19H30N2. The Balaban J connectivity index is 1.61. The number of nitrogens with one attached hydrogen (secondary N) is 1. The zero-order valence-electron chi connectivity index (χ0n) is 13.5. The van der Waals surface area contributed by atoms with E-state index in [0.717, 1.165) is 12.5 Å². The van der Waals surface area contributed by atoms with E-state index in [1.54, 1.807) is 0 Å². The van der Waals surface area contributed by atoms with Crippen molar-refractivity contribution >= 4 is 0 Å². The van der Waals surface area contributed by atoms with Crippen molar-refractivity contribution in [2.24, 2.45) is 5.92 Å². The van der Waals surface area contributed by atoms with Gasteiger partial charge in [-0.3, -0.25) is 4.98 Å². The molecule has 2 aliphatic rings. The van der Waals surface area contributed by atoms with Crippen molar-refractivity contribution in [3.63, 3.8) is 0 Å². The summed E-state index contributed by atoms with van der Waals surface area (Å²) >= 11 is 0. The average Bonchev–Trinajstić information content (AvgIpc) is 2.96. The van der Waals surface area contributed by atoms with Gasteiger partial charge >= 0.3 is 0 Å². The predicted octanol–water partition coefficient (Wildman–Crippen LogP) is 4.45. The summed E-state index contributed by atoms with van der Waals surface area (Å²) in [5.41, 5.74) is 2.87. The van der Waals surface area contributed by atoms with E-state index in [0.29, 0.717) is 12.0 Å². The van der Waals surface area contributed by atoms with Crippen molar-refractivity contribution in [2.45, 2.75) is 76.7 Å². The number of hydrogen-bond acceptors (Lipinski definition) is 2. The van der Waals surface area contributed by atoms with Crippen LogP contribution in [0.4, 0.5) is 0 Å². The highest BCUT2D eigenvalue weighted by Crippen LogP contribution is 2.36. The number of aromatic nitrogens is 1. The fourth-order valence-electron chi connectivity index (χ4n) is 4.43. The van der Waals surface area contributed by atoms with Crippen LogP contribution >= 0.6 is 0 Å². The van der Waals surface area contributed by atoms with Crippen LogP contribution < -0.4 is 5.32 Å². The largest absolute Gasteiger partial charge is 0.314 e. The summed E-state index contributed by atoms with van der Waals surface area (Å²) < 4.78 is 0. The summed E-state index contributed by atoms with van der Waals surface area (Å²) in [6.07, 6.45) is 14.6. The maximum Gasteiger partial charge on any atom is 0.0482 e. The summed E-state index contributed by atoms with van der Waals surface area (Å²) in [5, 5.41) is 3.77. The molecule has 1 aromatic heterocycles. The SMILES string of the molecule is CCNC(CCC1CCCCC1)C1CCc2cccnc21. The molecule has 21 heavy (non-hydrogen) atoms. The zero-order valence-corrected chi connectivity index (χ0v) is 13.5. The molecule has 0 saturated heterocycles. The molecule has 116 valence electrons. The summed E-state index contributed by atoms with van der Waals surface area (Å²) in [6, 6.07) is 4.99. The normalized spacial score (nSPS) is 24.0. The molecule has 1 heterocycles. The van der Waals surface area contributed by atoms with Gasteiger partial charge in [0.2, 0.25) is 0 Å². The Morgan fingerprint density at radius 2 is 2.10 bits per heavy atom. The summed E-state index contributed by atoms with van der Waals surface area (Å²) in [5.74, 6) is 1.63. The van der Waals surface area contributed by atoms with E-state index in [9.17, 15) is 0 Å². The second-order valence-electron chi connectivity index (χ2n) is 6.94. The topological polar surface area (TPSA) is 24.9 Å². The molecule has 1 saturated carbocycles. The Kier molecular flexibility index (Phi) is 5.29. The molecule has 0 bridgehead atoms. The molecule has 2 heteroatoms. The van der Waals surface area contributed by atoms with Crippen LogP contribution in [0.1, 0.15) is 75.5 Å². The van der Waals surface area contributed by atoms with Crippen LogP contribution in [0.25, 0.3) is 0 Å². The minimum Gasteiger partial charge on any atom is -0.314 e. The third-order valence-corrected chi connectivity index (χ3v) is 5.56. The minimum absolute atomic E-state index is 0.632. The first-order valence-electron chi connectivity index (χ1n) is 9.05. The molecule has 0 aliphatic heterocycles. The van der Waals surface area contributed by atoms with Crippen molar-refractivity contribution in [2.75, 3.05) is 6.54 Å². The summed E-state index contributed by atoms with van der Waals surface area (Å²) in [7, 11) is 0. The van der Waals surface area contributed by atoms with Crippen molar-refractivity contribution in [3.05, 3.63) is 29.6 Å². The van der Waals surface area contributed by atoms with E-state index in [4.69, 9.17) is 4.98 Å². The smallest absolute Gasteiger partial charge is 0.0482 e. The Bertz CT molecular complexity index is 437. The van der Waals surface area contributed by atoms with Crippen LogP contribution in [-0.2, 0) is 6.42 Å². The molecule has 2 unspecified atom stereocenters. The standard InChI is InChI=1S/C19H30N2/c1-2-20-18(13-10-15-7-4-3-5-8-15)17-12-11-16-9-6-14-21-19(16)17/h6,9,14-15,17-18,20H,2-5,7-8,10-13H2,1H3. The van der Waals surface area contributed by atoms with Gasteiger partial charge in [-0.1, -0.05) is 45.1 Å². The van der Waals surface area contributed by atoms with Crippen molar-refractivity contribution < 1.29 is 0 Å². The highest BCUT2D eigenvalue weighted by Gasteiger charge is 2.30. The first-order chi connectivity index (χ1) is 10.4. The van der Waals surface area contributed by atoms with Gasteiger partial charge in [0.05, 0.1) is 0 Å². The molecule has 2 atom stereocenters. The number of hydrogen-bond donors (Lipinski definition) is 1. The van der Waals surface area contributed by atoms with Gasteiger partial charge in [-0.25, -0.2) is 0 Å². The maximum atomic E-state index is 4.70. The fourth-order valence-corrected chi connectivity index (χ4v) is 4.43. The van der Waals surface area contributed by atoms with Gasteiger partial charge in [-0.15, -0.1) is 0 Å². The van der Waals surface area contributed by atoms with Gasteiger partial charge in [0.15, 0.2) is 0 Å². The van der Waals surface area contributed by atoms with E-state index in [2.05, 4.69) is 24.4 Å². The van der Waals surface area contributed by atoms with E-state index < -0.39 is 0 Å². The van der Waals surface area contributed by atoms with E-state index in [1.165, 1.54) is 69.0 Å². The fraction of sp³-hybridized carbons (Fsp3) is 0.737. The molecule has 2 aliphatic carbocycles. The predicted molar refractivity (Wildman–Crippen MR) is 88.6 cm³/mol. The number of aryl methyl sites for hydroxylation is 1. The molecule has 0 aromatic carbocycles. The first-order valence-corrected chi connectivity index (χ1v) is 9.05. The van der Waals surface area contributed by atoms with Gasteiger partial charge < -0.3 is 5.32 Å². The van der Waals surface area contributed by atoms with Gasteiger partial charge in [0.1, 0.15) is 0 Å². The van der Waals surface area contributed by atoms with Gasteiger partial charge in [0, 0.05) is 23.9 Å². The lowest BCUT2D eigenvalue weighted by Gasteiger charge is -2.28. The second kappa shape index (κ2) is 7.40. The van der Waals surface area contributed by atoms with Crippen LogP contribution in [0.15, 0.2) is 18.3 Å². The van der Waals surface area contributed by atoms with Gasteiger partial charge in [-0.2, -0.15) is 0 Å². The molecule has 1 fully saturated rings. The molecule has 1 aromatic rings. The molecular weight excluding hydrogens is 256 g/mol. The van der Waals surface area contributed by atoms with Crippen molar-refractivity contribution in [1.82, 2.24) is 10.3 Å². The molecule has 0 amide bonds. The lowest BCUT2D eigenvalue weighted by molar-refractivity contribution is 0.299. The van der Waals surface area contributed by atoms with Gasteiger partial charge in [-0.05, 0) is 49.8 Å². The van der Waals surface area contributed by atoms with Crippen LogP contribution in [-0.4, -0.2) is 17.6 Å². The number of nitrogens with zero attached hydrogens (tertiary/aromatic N) is 1. The average molecular weight is 286 g/mol. The van der Waals surface area contributed by atoms with Crippen LogP contribution in [0.5, 0.6) is 0 Å². The molecule has 2 nitrogen and oxygen atoms in total. The van der Waals surface area contributed by atoms with Crippen LogP contribution in [0.2, 0.25) is 0 Å². The lowest BCUT2D eigenvalue weighted by atomic mass is 9.83. The van der Waals surface area contributed by atoms with Gasteiger partial charge in [0.25, 0.3) is 0 Å².